The van der Waals surface area contributed by atoms with E-state index in [1.54, 1.807) is 0 Å². The lowest BCUT2D eigenvalue weighted by Gasteiger charge is -2.09. The Hall–Kier alpha value is -2.55. The summed E-state index contributed by atoms with van der Waals surface area (Å²) < 4.78 is 45.2. The number of halogens is 2. The van der Waals surface area contributed by atoms with E-state index >= 15 is 0 Å². The van der Waals surface area contributed by atoms with E-state index in [-0.39, 0.29) is 38.5 Å². The quantitative estimate of drug-likeness (QED) is 0.632. The number of aromatic nitrogens is 3. The Labute approximate surface area is 162 Å². The molecule has 0 aliphatic carbocycles. The van der Waals surface area contributed by atoms with Crippen molar-refractivity contribution in [3.8, 4) is 17.9 Å². The van der Waals surface area contributed by atoms with Gasteiger partial charge in [-0.05, 0) is 28.4 Å². The summed E-state index contributed by atoms with van der Waals surface area (Å²) in [5.74, 6) is -0.465. The van der Waals surface area contributed by atoms with Crippen molar-refractivity contribution in [3.63, 3.8) is 0 Å². The molecule has 0 amide bonds. The summed E-state index contributed by atoms with van der Waals surface area (Å²) in [5, 5.41) is 14.1. The third-order valence-corrected chi connectivity index (χ3v) is 5.41. The first-order valence-corrected chi connectivity index (χ1v) is 9.91. The minimum atomic E-state index is -4.11. The van der Waals surface area contributed by atoms with Gasteiger partial charge in [0.25, 0.3) is 0 Å². The van der Waals surface area contributed by atoms with Crippen LogP contribution in [0.4, 0.5) is 4.39 Å². The van der Waals surface area contributed by atoms with Crippen molar-refractivity contribution in [2.45, 2.75) is 17.7 Å². The van der Waals surface area contributed by atoms with Crippen LogP contribution in [-0.4, -0.2) is 30.1 Å². The summed E-state index contributed by atoms with van der Waals surface area (Å²) in [5.41, 5.74) is 0.563. The summed E-state index contributed by atoms with van der Waals surface area (Å²) in [6, 6.07) is 4.85. The standard InChI is InChI=1S/C16H13BrFN5O3S/c1-26-15-9(3-2-6-19)7-21-16(22-15)23-8-12(27(20,24)25)10-4-5-11(17)13(18)14(10)23/h4-5,7-8H,2-3H2,1H3,(H2,20,24,25). The molecule has 3 rings (SSSR count). The molecule has 11 heteroatoms. The minimum absolute atomic E-state index is 0.00413. The average Bonchev–Trinajstić information content (AvgIpc) is 3.03. The van der Waals surface area contributed by atoms with Gasteiger partial charge >= 0.3 is 0 Å². The fraction of sp³-hybridized carbons (Fsp3) is 0.188. The van der Waals surface area contributed by atoms with Crippen LogP contribution in [0.25, 0.3) is 16.9 Å². The van der Waals surface area contributed by atoms with Crippen LogP contribution in [0.1, 0.15) is 12.0 Å². The van der Waals surface area contributed by atoms with Crippen molar-refractivity contribution in [3.05, 3.63) is 40.4 Å². The number of primary sulfonamides is 1. The molecule has 0 bridgehead atoms. The number of benzene rings is 1. The lowest BCUT2D eigenvalue weighted by Crippen LogP contribution is -2.11. The zero-order chi connectivity index (χ0) is 19.8. The van der Waals surface area contributed by atoms with Crippen LogP contribution >= 0.6 is 15.9 Å². The van der Waals surface area contributed by atoms with Crippen LogP contribution in [-0.2, 0) is 16.4 Å². The molecule has 0 fully saturated rings. The highest BCUT2D eigenvalue weighted by molar-refractivity contribution is 9.10. The first kappa shape index (κ1) is 19.2. The van der Waals surface area contributed by atoms with Gasteiger partial charge in [0, 0.05) is 29.8 Å². The molecule has 0 unspecified atom stereocenters. The van der Waals surface area contributed by atoms with Gasteiger partial charge in [0.05, 0.1) is 23.2 Å². The number of hydrogen-bond acceptors (Lipinski definition) is 6. The molecule has 0 spiro atoms. The van der Waals surface area contributed by atoms with Crippen molar-refractivity contribution in [2.24, 2.45) is 5.14 Å². The maximum Gasteiger partial charge on any atom is 0.240 e. The lowest BCUT2D eigenvalue weighted by molar-refractivity contribution is 0.390. The van der Waals surface area contributed by atoms with Gasteiger partial charge < -0.3 is 4.74 Å². The Morgan fingerprint density at radius 2 is 2.19 bits per heavy atom. The third kappa shape index (κ3) is 3.51. The number of methoxy groups -OCH3 is 1. The molecular formula is C16H13BrFN5O3S. The second-order valence-corrected chi connectivity index (χ2v) is 7.91. The largest absolute Gasteiger partial charge is 0.481 e. The van der Waals surface area contributed by atoms with Gasteiger partial charge in [0.15, 0.2) is 5.82 Å². The molecule has 0 radical (unpaired) electrons. The first-order chi connectivity index (χ1) is 12.8. The molecule has 0 aliphatic rings. The zero-order valence-electron chi connectivity index (χ0n) is 14.0. The van der Waals surface area contributed by atoms with Gasteiger partial charge in [-0.3, -0.25) is 4.57 Å². The lowest BCUT2D eigenvalue weighted by atomic mass is 10.2. The SMILES string of the molecule is COc1nc(-n2cc(S(N)(=O)=O)c3ccc(Br)c(F)c32)ncc1CCC#N. The number of nitrogens with zero attached hydrogens (tertiary/aromatic N) is 4. The predicted octanol–water partition coefficient (Wildman–Crippen LogP) is 2.43. The Balaban J connectivity index is 2.29. The van der Waals surface area contributed by atoms with Crippen molar-refractivity contribution in [2.75, 3.05) is 7.11 Å². The smallest absolute Gasteiger partial charge is 0.240 e. The number of nitriles is 1. The van der Waals surface area contributed by atoms with E-state index in [1.165, 1.54) is 36.2 Å². The number of aryl methyl sites for hydroxylation is 1. The monoisotopic (exact) mass is 453 g/mol. The molecule has 0 saturated heterocycles. The summed E-state index contributed by atoms with van der Waals surface area (Å²) in [6.07, 6.45) is 3.26. The normalized spacial score (nSPS) is 11.5. The van der Waals surface area contributed by atoms with E-state index < -0.39 is 15.8 Å². The van der Waals surface area contributed by atoms with Crippen molar-refractivity contribution in [1.82, 2.24) is 14.5 Å². The second kappa shape index (κ2) is 7.22. The highest BCUT2D eigenvalue weighted by Gasteiger charge is 2.23. The number of sulfonamides is 1. The molecule has 1 aromatic carbocycles. The van der Waals surface area contributed by atoms with E-state index in [4.69, 9.17) is 15.1 Å². The topological polar surface area (TPSA) is 124 Å². The van der Waals surface area contributed by atoms with E-state index in [2.05, 4.69) is 25.9 Å². The van der Waals surface area contributed by atoms with E-state index in [0.717, 1.165) is 0 Å². The van der Waals surface area contributed by atoms with Crippen LogP contribution in [0.5, 0.6) is 5.88 Å². The molecule has 140 valence electrons. The third-order valence-electron chi connectivity index (χ3n) is 3.86. The number of hydrogen-bond donors (Lipinski definition) is 1. The van der Waals surface area contributed by atoms with Crippen LogP contribution < -0.4 is 9.88 Å². The summed E-state index contributed by atoms with van der Waals surface area (Å²) in [6.45, 7) is 0. The van der Waals surface area contributed by atoms with Gasteiger partial charge in [-0.25, -0.2) is 22.9 Å². The fourth-order valence-corrected chi connectivity index (χ4v) is 3.69. The molecule has 3 aromatic rings. The number of nitrogens with two attached hydrogens (primary N) is 1. The Kier molecular flexibility index (Phi) is 5.14. The van der Waals surface area contributed by atoms with Crippen LogP contribution in [0, 0.1) is 17.1 Å². The Morgan fingerprint density at radius 3 is 2.81 bits per heavy atom. The summed E-state index contributed by atoms with van der Waals surface area (Å²) in [4.78, 5) is 8.15. The zero-order valence-corrected chi connectivity index (χ0v) is 16.4. The number of fused-ring (bicyclic) bond motifs is 1. The van der Waals surface area contributed by atoms with E-state index in [9.17, 15) is 12.8 Å². The van der Waals surface area contributed by atoms with Crippen molar-refractivity contribution >= 4 is 36.9 Å². The molecule has 27 heavy (non-hydrogen) atoms. The average molecular weight is 454 g/mol. The highest BCUT2D eigenvalue weighted by atomic mass is 79.9. The molecule has 2 N–H and O–H groups in total. The minimum Gasteiger partial charge on any atom is -0.481 e. The van der Waals surface area contributed by atoms with Crippen molar-refractivity contribution in [1.29, 1.82) is 5.26 Å². The molecule has 0 atom stereocenters. The predicted molar refractivity (Wildman–Crippen MR) is 98.4 cm³/mol. The Bertz CT molecular complexity index is 1190. The highest BCUT2D eigenvalue weighted by Crippen LogP contribution is 2.32. The van der Waals surface area contributed by atoms with Gasteiger partial charge in [-0.2, -0.15) is 10.2 Å². The maximum atomic E-state index is 14.7. The van der Waals surface area contributed by atoms with Crippen LogP contribution in [0.15, 0.2) is 33.9 Å². The molecule has 2 heterocycles. The number of rotatable bonds is 5. The number of ether oxygens (including phenoxy) is 1. The molecule has 2 aromatic heterocycles. The van der Waals surface area contributed by atoms with Gasteiger partial charge in [-0.1, -0.05) is 6.07 Å². The summed E-state index contributed by atoms with van der Waals surface area (Å²) >= 11 is 3.09. The molecule has 0 saturated carbocycles. The van der Waals surface area contributed by atoms with E-state index in [1.807, 2.05) is 6.07 Å². The van der Waals surface area contributed by atoms with Gasteiger partial charge in [-0.15, -0.1) is 0 Å². The molecule has 0 aliphatic heterocycles. The molecular weight excluding hydrogens is 441 g/mol. The van der Waals surface area contributed by atoms with Crippen LogP contribution in [0.2, 0.25) is 0 Å². The first-order valence-electron chi connectivity index (χ1n) is 7.57. The Morgan fingerprint density at radius 1 is 1.44 bits per heavy atom. The van der Waals surface area contributed by atoms with E-state index in [0.29, 0.717) is 12.0 Å². The summed E-state index contributed by atoms with van der Waals surface area (Å²) in [7, 11) is -2.70. The molecule has 8 nitrogen and oxygen atoms in total. The van der Waals surface area contributed by atoms with Gasteiger partial charge in [0.1, 0.15) is 4.90 Å². The van der Waals surface area contributed by atoms with Gasteiger partial charge in [0.2, 0.25) is 21.9 Å². The van der Waals surface area contributed by atoms with Crippen LogP contribution in [0.3, 0.4) is 0 Å². The second-order valence-electron chi connectivity index (χ2n) is 5.53. The maximum absolute atomic E-state index is 14.7. The fourth-order valence-electron chi connectivity index (χ4n) is 2.65. The van der Waals surface area contributed by atoms with Crippen molar-refractivity contribution < 1.29 is 17.5 Å².